The maximum absolute atomic E-state index is 14.1. The summed E-state index contributed by atoms with van der Waals surface area (Å²) in [5.41, 5.74) is 2.85. The van der Waals surface area contributed by atoms with Gasteiger partial charge < -0.3 is 9.64 Å². The summed E-state index contributed by atoms with van der Waals surface area (Å²) in [6.45, 7) is 8.83. The highest BCUT2D eigenvalue weighted by molar-refractivity contribution is 7.90. The number of anilines is 1. The van der Waals surface area contributed by atoms with Crippen LogP contribution in [0.15, 0.2) is 59.9 Å². The third-order valence-corrected chi connectivity index (χ3v) is 9.34. The van der Waals surface area contributed by atoms with Gasteiger partial charge in [0, 0.05) is 49.2 Å². The molecule has 2 saturated heterocycles. The van der Waals surface area contributed by atoms with Gasteiger partial charge in [-0.15, -0.1) is 0 Å². The lowest BCUT2D eigenvalue weighted by molar-refractivity contribution is 0.0123. The average Bonchev–Trinajstić information content (AvgIpc) is 3.56. The molecular formula is C29H34N6O4S. The number of benzene rings is 1. The first-order chi connectivity index (χ1) is 18.9. The number of piperazine rings is 1. The van der Waals surface area contributed by atoms with Crippen molar-refractivity contribution in [2.45, 2.75) is 63.1 Å². The smallest absolute Gasteiger partial charge is 0.410 e. The van der Waals surface area contributed by atoms with Crippen LogP contribution < -0.4 is 4.90 Å². The van der Waals surface area contributed by atoms with Crippen molar-refractivity contribution in [3.63, 3.8) is 0 Å². The van der Waals surface area contributed by atoms with Crippen LogP contribution in [0.2, 0.25) is 0 Å². The zero-order valence-electron chi connectivity index (χ0n) is 23.4. The Labute approximate surface area is 234 Å². The van der Waals surface area contributed by atoms with Crippen LogP contribution in [-0.4, -0.2) is 68.9 Å². The van der Waals surface area contributed by atoms with Crippen LogP contribution >= 0.6 is 0 Å². The molecular weight excluding hydrogens is 528 g/mol. The van der Waals surface area contributed by atoms with Gasteiger partial charge in [-0.2, -0.15) is 5.10 Å². The second-order valence-electron chi connectivity index (χ2n) is 11.8. The Kier molecular flexibility index (Phi) is 6.17. The highest BCUT2D eigenvalue weighted by Gasteiger charge is 2.44. The molecule has 4 aromatic rings. The van der Waals surface area contributed by atoms with Crippen LogP contribution in [0.4, 0.5) is 10.5 Å². The Balaban J connectivity index is 1.44. The van der Waals surface area contributed by atoms with Crippen LogP contribution in [0.3, 0.4) is 0 Å². The molecule has 0 N–H and O–H groups in total. The first kappa shape index (κ1) is 26.4. The minimum absolute atomic E-state index is 0.0213. The van der Waals surface area contributed by atoms with Crippen LogP contribution in [-0.2, 0) is 21.8 Å². The van der Waals surface area contributed by atoms with Gasteiger partial charge in [-0.1, -0.05) is 17.7 Å². The van der Waals surface area contributed by atoms with E-state index in [9.17, 15) is 13.2 Å². The number of hydrogen-bond acceptors (Lipinski definition) is 7. The molecule has 10 nitrogen and oxygen atoms in total. The Morgan fingerprint density at radius 2 is 1.73 bits per heavy atom. The van der Waals surface area contributed by atoms with Crippen LogP contribution in [0.5, 0.6) is 0 Å². The fraction of sp³-hybridized carbons (Fsp3) is 0.414. The van der Waals surface area contributed by atoms with E-state index in [4.69, 9.17) is 4.74 Å². The molecule has 2 aliphatic rings. The number of amides is 1. The lowest BCUT2D eigenvalue weighted by atomic mass is 10.1. The molecule has 0 spiro atoms. The van der Waals surface area contributed by atoms with Crippen molar-refractivity contribution in [1.29, 1.82) is 0 Å². The monoisotopic (exact) mass is 562 g/mol. The van der Waals surface area contributed by atoms with Crippen molar-refractivity contribution in [2.24, 2.45) is 7.05 Å². The van der Waals surface area contributed by atoms with E-state index in [1.54, 1.807) is 54.6 Å². The molecule has 2 unspecified atom stereocenters. The molecule has 1 amide bonds. The molecule has 5 heterocycles. The standard InChI is InChI=1S/C29H34N6O4S/c1-19-6-10-23(11-7-19)40(37,38)35-26(20-15-31-32(5)16-20)14-24-25(12-13-30-27(24)35)33-17-21-8-9-22(18-33)34(21)28(36)39-29(2,3)4/h6-7,10-16,21-22H,8-9,17-18H2,1-5H3. The fourth-order valence-electron chi connectivity index (χ4n) is 5.86. The van der Waals surface area contributed by atoms with Crippen molar-refractivity contribution >= 4 is 32.8 Å². The lowest BCUT2D eigenvalue weighted by Crippen LogP contribution is -2.56. The molecule has 2 aliphatic heterocycles. The Hall–Kier alpha value is -3.86. The van der Waals surface area contributed by atoms with Gasteiger partial charge in [0.15, 0.2) is 5.65 Å². The highest BCUT2D eigenvalue weighted by atomic mass is 32.2. The molecule has 11 heteroatoms. The summed E-state index contributed by atoms with van der Waals surface area (Å²) in [6.07, 6.45) is 6.66. The van der Waals surface area contributed by atoms with Crippen LogP contribution in [0, 0.1) is 6.92 Å². The van der Waals surface area contributed by atoms with Crippen molar-refractivity contribution in [2.75, 3.05) is 18.0 Å². The van der Waals surface area contributed by atoms with Gasteiger partial charge in [-0.25, -0.2) is 22.2 Å². The number of hydrogen-bond donors (Lipinski definition) is 0. The summed E-state index contributed by atoms with van der Waals surface area (Å²) in [4.78, 5) is 21.9. The van der Waals surface area contributed by atoms with E-state index in [-0.39, 0.29) is 23.1 Å². The maximum atomic E-state index is 14.1. The maximum Gasteiger partial charge on any atom is 0.410 e. The third kappa shape index (κ3) is 4.51. The van der Waals surface area contributed by atoms with E-state index in [1.165, 1.54) is 3.97 Å². The van der Waals surface area contributed by atoms with Gasteiger partial charge in [-0.3, -0.25) is 9.58 Å². The minimum atomic E-state index is -3.97. The number of aryl methyl sites for hydroxylation is 2. The Bertz CT molecular complexity index is 1690. The zero-order valence-corrected chi connectivity index (χ0v) is 24.2. The van der Waals surface area contributed by atoms with Gasteiger partial charge >= 0.3 is 6.09 Å². The number of fused-ring (bicyclic) bond motifs is 3. The normalized spacial score (nSPS) is 19.4. The largest absolute Gasteiger partial charge is 0.444 e. The molecule has 0 saturated carbocycles. The van der Waals surface area contributed by atoms with Crippen molar-refractivity contribution in [3.8, 4) is 11.3 Å². The van der Waals surface area contributed by atoms with Crippen LogP contribution in [0.25, 0.3) is 22.3 Å². The number of carbonyl (C=O) groups is 1. The van der Waals surface area contributed by atoms with E-state index in [2.05, 4.69) is 15.0 Å². The van der Waals surface area contributed by atoms with Crippen molar-refractivity contribution in [1.82, 2.24) is 23.6 Å². The second-order valence-corrected chi connectivity index (χ2v) is 13.5. The first-order valence-electron chi connectivity index (χ1n) is 13.5. The van der Waals surface area contributed by atoms with E-state index in [0.29, 0.717) is 30.0 Å². The molecule has 0 aliphatic carbocycles. The molecule has 2 fully saturated rings. The average molecular weight is 563 g/mol. The van der Waals surface area contributed by atoms with Crippen molar-refractivity contribution in [3.05, 3.63) is 60.6 Å². The molecule has 6 rings (SSSR count). The van der Waals surface area contributed by atoms with Gasteiger partial charge in [0.2, 0.25) is 0 Å². The summed E-state index contributed by atoms with van der Waals surface area (Å²) in [6, 6.07) is 10.7. The Morgan fingerprint density at radius 3 is 2.33 bits per heavy atom. The molecule has 40 heavy (non-hydrogen) atoms. The number of nitrogens with zero attached hydrogens (tertiary/aromatic N) is 6. The lowest BCUT2D eigenvalue weighted by Gasteiger charge is -2.42. The van der Waals surface area contributed by atoms with Crippen LogP contribution in [0.1, 0.15) is 39.2 Å². The quantitative estimate of drug-likeness (QED) is 0.359. The number of ether oxygens (including phenoxy) is 1. The number of aromatic nitrogens is 4. The van der Waals surface area contributed by atoms with Gasteiger partial charge in [-0.05, 0) is 64.8 Å². The first-order valence-corrected chi connectivity index (χ1v) is 14.9. The fourth-order valence-corrected chi connectivity index (χ4v) is 7.34. The van der Waals surface area contributed by atoms with Crippen molar-refractivity contribution < 1.29 is 17.9 Å². The van der Waals surface area contributed by atoms with E-state index >= 15 is 0 Å². The minimum Gasteiger partial charge on any atom is -0.444 e. The molecule has 1 aromatic carbocycles. The highest BCUT2D eigenvalue weighted by Crippen LogP contribution is 2.39. The van der Waals surface area contributed by atoms with E-state index < -0.39 is 15.6 Å². The third-order valence-electron chi connectivity index (χ3n) is 7.63. The topological polar surface area (TPSA) is 103 Å². The van der Waals surface area contributed by atoms with Gasteiger partial charge in [0.25, 0.3) is 10.0 Å². The summed E-state index contributed by atoms with van der Waals surface area (Å²) in [5.74, 6) is 0. The summed E-state index contributed by atoms with van der Waals surface area (Å²) >= 11 is 0. The number of carbonyl (C=O) groups excluding carboxylic acids is 1. The molecule has 3 aromatic heterocycles. The summed E-state index contributed by atoms with van der Waals surface area (Å²) in [5, 5.41) is 5.03. The second kappa shape index (κ2) is 9.36. The summed E-state index contributed by atoms with van der Waals surface area (Å²) in [7, 11) is -2.17. The molecule has 210 valence electrons. The van der Waals surface area contributed by atoms with Gasteiger partial charge in [0.05, 0.1) is 28.9 Å². The predicted octanol–water partition coefficient (Wildman–Crippen LogP) is 4.57. The predicted molar refractivity (Wildman–Crippen MR) is 153 cm³/mol. The molecule has 2 bridgehead atoms. The summed E-state index contributed by atoms with van der Waals surface area (Å²) < 4.78 is 36.8. The number of pyridine rings is 1. The molecule has 0 radical (unpaired) electrons. The molecule has 2 atom stereocenters. The Morgan fingerprint density at radius 1 is 1.05 bits per heavy atom. The van der Waals surface area contributed by atoms with E-state index in [1.807, 2.05) is 44.7 Å². The SMILES string of the molecule is Cc1ccc(S(=O)(=O)n2c(-c3cnn(C)c3)cc3c(N4CC5CCC(C4)N5C(=O)OC(C)(C)C)ccnc32)cc1. The zero-order chi connectivity index (χ0) is 28.4. The van der Waals surface area contributed by atoms with Gasteiger partial charge in [0.1, 0.15) is 5.60 Å². The number of rotatable bonds is 4. The van der Waals surface area contributed by atoms with E-state index in [0.717, 1.165) is 29.5 Å².